The lowest BCUT2D eigenvalue weighted by Gasteiger charge is -2.23. The number of aromatic nitrogens is 2. The van der Waals surface area contributed by atoms with E-state index in [0.29, 0.717) is 0 Å². The highest BCUT2D eigenvalue weighted by Crippen LogP contribution is 2.49. The first-order valence-electron chi connectivity index (χ1n) is 8.85. The number of rotatable bonds is 3. The standard InChI is InChI=1S/C17H27N3O/c18-17(7-3-1-2-4-8-17)16-19-15(21-20-16)11-14-10-12-5-6-13(14)9-12/h12-14H,1-11,18H2. The minimum absolute atomic E-state index is 0.340. The molecule has 21 heavy (non-hydrogen) atoms. The molecule has 4 nitrogen and oxygen atoms in total. The fourth-order valence-electron chi connectivity index (χ4n) is 4.97. The Balaban J connectivity index is 1.45. The van der Waals surface area contributed by atoms with Crippen molar-refractivity contribution in [3.05, 3.63) is 11.7 Å². The zero-order valence-electron chi connectivity index (χ0n) is 12.9. The molecule has 3 saturated carbocycles. The molecule has 0 amide bonds. The second-order valence-corrected chi connectivity index (χ2v) is 7.72. The largest absolute Gasteiger partial charge is 0.339 e. The van der Waals surface area contributed by atoms with Crippen LogP contribution in [-0.4, -0.2) is 10.1 Å². The van der Waals surface area contributed by atoms with Crippen molar-refractivity contribution in [3.63, 3.8) is 0 Å². The van der Waals surface area contributed by atoms with Gasteiger partial charge in [-0.1, -0.05) is 37.3 Å². The molecule has 0 saturated heterocycles. The quantitative estimate of drug-likeness (QED) is 0.864. The highest BCUT2D eigenvalue weighted by molar-refractivity contribution is 5.05. The van der Waals surface area contributed by atoms with E-state index in [-0.39, 0.29) is 5.54 Å². The Morgan fingerprint density at radius 1 is 1.10 bits per heavy atom. The highest BCUT2D eigenvalue weighted by Gasteiger charge is 2.40. The fraction of sp³-hybridized carbons (Fsp3) is 0.882. The van der Waals surface area contributed by atoms with Crippen LogP contribution >= 0.6 is 0 Å². The predicted octanol–water partition coefficient (Wildman–Crippen LogP) is 3.56. The Bertz CT molecular complexity index is 490. The van der Waals surface area contributed by atoms with Gasteiger partial charge in [-0.25, -0.2) is 0 Å². The van der Waals surface area contributed by atoms with E-state index in [9.17, 15) is 0 Å². The molecule has 0 radical (unpaired) electrons. The van der Waals surface area contributed by atoms with Gasteiger partial charge in [0.05, 0.1) is 5.54 Å². The van der Waals surface area contributed by atoms with Crippen LogP contribution in [0.3, 0.4) is 0 Å². The van der Waals surface area contributed by atoms with E-state index in [1.54, 1.807) is 0 Å². The van der Waals surface area contributed by atoms with Gasteiger partial charge in [-0.15, -0.1) is 0 Å². The monoisotopic (exact) mass is 289 g/mol. The molecule has 3 atom stereocenters. The molecule has 4 rings (SSSR count). The summed E-state index contributed by atoms with van der Waals surface area (Å²) in [6.45, 7) is 0. The number of fused-ring (bicyclic) bond motifs is 2. The van der Waals surface area contributed by atoms with Crippen LogP contribution in [-0.2, 0) is 12.0 Å². The lowest BCUT2D eigenvalue weighted by Crippen LogP contribution is -2.37. The molecular weight excluding hydrogens is 262 g/mol. The molecule has 2 N–H and O–H groups in total. The van der Waals surface area contributed by atoms with Crippen LogP contribution in [0.4, 0.5) is 0 Å². The number of nitrogens with two attached hydrogens (primary N) is 1. The van der Waals surface area contributed by atoms with Gasteiger partial charge >= 0.3 is 0 Å². The highest BCUT2D eigenvalue weighted by atomic mass is 16.5. The van der Waals surface area contributed by atoms with Gasteiger partial charge < -0.3 is 10.3 Å². The molecule has 0 spiro atoms. The van der Waals surface area contributed by atoms with Crippen molar-refractivity contribution in [1.29, 1.82) is 0 Å². The minimum Gasteiger partial charge on any atom is -0.339 e. The van der Waals surface area contributed by atoms with E-state index >= 15 is 0 Å². The third-order valence-electron chi connectivity index (χ3n) is 6.23. The maximum Gasteiger partial charge on any atom is 0.227 e. The van der Waals surface area contributed by atoms with Gasteiger partial charge in [0.25, 0.3) is 0 Å². The Morgan fingerprint density at radius 3 is 2.57 bits per heavy atom. The van der Waals surface area contributed by atoms with E-state index in [2.05, 4.69) is 5.16 Å². The topological polar surface area (TPSA) is 64.9 Å². The smallest absolute Gasteiger partial charge is 0.227 e. The van der Waals surface area contributed by atoms with E-state index < -0.39 is 0 Å². The second-order valence-electron chi connectivity index (χ2n) is 7.72. The van der Waals surface area contributed by atoms with E-state index in [4.69, 9.17) is 15.2 Å². The SMILES string of the molecule is NC1(c2noc(CC3CC4CCC3C4)n2)CCCCCC1. The Hall–Kier alpha value is -0.900. The number of hydrogen-bond donors (Lipinski definition) is 1. The molecule has 1 aromatic heterocycles. The van der Waals surface area contributed by atoms with E-state index in [1.165, 1.54) is 51.4 Å². The summed E-state index contributed by atoms with van der Waals surface area (Å²) in [7, 11) is 0. The van der Waals surface area contributed by atoms with Crippen molar-refractivity contribution < 1.29 is 4.52 Å². The van der Waals surface area contributed by atoms with Crippen LogP contribution in [0.15, 0.2) is 4.52 Å². The summed E-state index contributed by atoms with van der Waals surface area (Å²) in [5.41, 5.74) is 6.24. The van der Waals surface area contributed by atoms with Gasteiger partial charge in [0, 0.05) is 6.42 Å². The summed E-state index contributed by atoms with van der Waals surface area (Å²) in [4.78, 5) is 4.69. The first kappa shape index (κ1) is 13.7. The van der Waals surface area contributed by atoms with Crippen molar-refractivity contribution in [2.45, 2.75) is 76.2 Å². The average molecular weight is 289 g/mol. The first-order valence-corrected chi connectivity index (χ1v) is 8.85. The van der Waals surface area contributed by atoms with Crippen LogP contribution in [0.5, 0.6) is 0 Å². The third kappa shape index (κ3) is 2.63. The zero-order chi connectivity index (χ0) is 14.3. The molecule has 1 heterocycles. The molecule has 0 aromatic carbocycles. The Morgan fingerprint density at radius 2 is 1.90 bits per heavy atom. The molecule has 2 bridgehead atoms. The average Bonchev–Trinajstić information content (AvgIpc) is 3.16. The molecule has 0 aliphatic heterocycles. The lowest BCUT2D eigenvalue weighted by atomic mass is 9.86. The Labute approximate surface area is 126 Å². The van der Waals surface area contributed by atoms with E-state index in [0.717, 1.165) is 48.7 Å². The molecule has 3 aliphatic carbocycles. The summed E-state index contributed by atoms with van der Waals surface area (Å²) in [6.07, 6.45) is 13.6. The van der Waals surface area contributed by atoms with Crippen molar-refractivity contribution in [2.75, 3.05) is 0 Å². The van der Waals surface area contributed by atoms with Gasteiger partial charge in [-0.05, 0) is 49.9 Å². The van der Waals surface area contributed by atoms with Crippen LogP contribution < -0.4 is 5.73 Å². The normalized spacial score (nSPS) is 35.0. The predicted molar refractivity (Wildman–Crippen MR) is 80.5 cm³/mol. The van der Waals surface area contributed by atoms with Crippen LogP contribution in [0.2, 0.25) is 0 Å². The number of hydrogen-bond acceptors (Lipinski definition) is 4. The van der Waals surface area contributed by atoms with Gasteiger partial charge in [0.2, 0.25) is 5.89 Å². The second kappa shape index (κ2) is 5.38. The molecular formula is C17H27N3O. The lowest BCUT2D eigenvalue weighted by molar-refractivity contribution is 0.283. The van der Waals surface area contributed by atoms with Gasteiger partial charge in [-0.2, -0.15) is 4.98 Å². The van der Waals surface area contributed by atoms with Crippen molar-refractivity contribution in [1.82, 2.24) is 10.1 Å². The summed E-state index contributed by atoms with van der Waals surface area (Å²) in [6, 6.07) is 0. The van der Waals surface area contributed by atoms with Crippen LogP contribution in [0, 0.1) is 17.8 Å². The molecule has 4 heteroatoms. The summed E-state index contributed by atoms with van der Waals surface area (Å²) in [5.74, 6) is 4.26. The maximum atomic E-state index is 6.58. The number of nitrogens with zero attached hydrogens (tertiary/aromatic N) is 2. The van der Waals surface area contributed by atoms with Crippen molar-refractivity contribution in [2.24, 2.45) is 23.5 Å². The minimum atomic E-state index is -0.340. The van der Waals surface area contributed by atoms with E-state index in [1.807, 2.05) is 0 Å². The molecule has 1 aromatic rings. The van der Waals surface area contributed by atoms with Crippen molar-refractivity contribution in [3.8, 4) is 0 Å². The van der Waals surface area contributed by atoms with Crippen LogP contribution in [0.25, 0.3) is 0 Å². The fourth-order valence-corrected chi connectivity index (χ4v) is 4.97. The van der Waals surface area contributed by atoms with Gasteiger partial charge in [0.15, 0.2) is 5.82 Å². The van der Waals surface area contributed by atoms with Crippen molar-refractivity contribution >= 4 is 0 Å². The summed E-state index contributed by atoms with van der Waals surface area (Å²) < 4.78 is 5.55. The molecule has 116 valence electrons. The summed E-state index contributed by atoms with van der Waals surface area (Å²) in [5, 5.41) is 4.25. The first-order chi connectivity index (χ1) is 10.2. The maximum absolute atomic E-state index is 6.58. The van der Waals surface area contributed by atoms with Gasteiger partial charge in [-0.3, -0.25) is 0 Å². The molecule has 3 fully saturated rings. The summed E-state index contributed by atoms with van der Waals surface area (Å²) >= 11 is 0. The van der Waals surface area contributed by atoms with Crippen LogP contribution in [0.1, 0.15) is 75.9 Å². The van der Waals surface area contributed by atoms with Gasteiger partial charge in [0.1, 0.15) is 0 Å². The molecule has 3 unspecified atom stereocenters. The zero-order valence-corrected chi connectivity index (χ0v) is 12.9. The third-order valence-corrected chi connectivity index (χ3v) is 6.23. The Kier molecular flexibility index (Phi) is 3.52. The molecule has 3 aliphatic rings.